The zero-order chi connectivity index (χ0) is 19.5. The molecule has 1 aromatic heterocycles. The Hall–Kier alpha value is -3.66. The first-order chi connectivity index (χ1) is 13.6. The molecule has 0 fully saturated rings. The van der Waals surface area contributed by atoms with Gasteiger partial charge < -0.3 is 10.4 Å². The SMILES string of the molecule is Cc1ccc(C(=O)NC(c2ccccc2)c2ccc3cccnc3c2O)cc1. The molecule has 4 heteroatoms. The highest BCUT2D eigenvalue weighted by Crippen LogP contribution is 2.34. The van der Waals surface area contributed by atoms with Crippen molar-refractivity contribution in [2.24, 2.45) is 0 Å². The third-order valence-electron chi connectivity index (χ3n) is 4.81. The first-order valence-electron chi connectivity index (χ1n) is 9.12. The number of aromatic nitrogens is 1. The number of carbonyl (C=O) groups excluding carboxylic acids is 1. The van der Waals surface area contributed by atoms with E-state index in [4.69, 9.17) is 0 Å². The minimum Gasteiger partial charge on any atom is -0.505 e. The van der Waals surface area contributed by atoms with Crippen LogP contribution in [-0.2, 0) is 0 Å². The van der Waals surface area contributed by atoms with Crippen LogP contribution in [0.25, 0.3) is 10.9 Å². The third-order valence-corrected chi connectivity index (χ3v) is 4.81. The van der Waals surface area contributed by atoms with Gasteiger partial charge >= 0.3 is 0 Å². The second-order valence-corrected chi connectivity index (χ2v) is 6.76. The Balaban J connectivity index is 1.77. The van der Waals surface area contributed by atoms with E-state index >= 15 is 0 Å². The van der Waals surface area contributed by atoms with Gasteiger partial charge in [0, 0.05) is 22.7 Å². The summed E-state index contributed by atoms with van der Waals surface area (Å²) in [6, 6.07) is 24.0. The fraction of sp³-hybridized carbons (Fsp3) is 0.0833. The van der Waals surface area contributed by atoms with Crippen molar-refractivity contribution in [3.05, 3.63) is 107 Å². The molecule has 0 aliphatic heterocycles. The molecule has 0 saturated heterocycles. The molecule has 0 spiro atoms. The molecule has 0 aliphatic carbocycles. The maximum absolute atomic E-state index is 12.9. The number of hydrogen-bond acceptors (Lipinski definition) is 3. The van der Waals surface area contributed by atoms with E-state index in [2.05, 4.69) is 10.3 Å². The second kappa shape index (κ2) is 7.53. The predicted octanol–water partition coefficient (Wildman–Crippen LogP) is 4.77. The lowest BCUT2D eigenvalue weighted by Crippen LogP contribution is -2.29. The number of benzene rings is 3. The Kier molecular flexibility index (Phi) is 4.77. The predicted molar refractivity (Wildman–Crippen MR) is 110 cm³/mol. The molecular weight excluding hydrogens is 348 g/mol. The Morgan fingerprint density at radius 1 is 0.929 bits per heavy atom. The smallest absolute Gasteiger partial charge is 0.252 e. The molecular formula is C24H20N2O2. The van der Waals surface area contributed by atoms with E-state index in [1.54, 1.807) is 18.3 Å². The number of amides is 1. The van der Waals surface area contributed by atoms with Crippen LogP contribution >= 0.6 is 0 Å². The quantitative estimate of drug-likeness (QED) is 0.545. The molecule has 0 bridgehead atoms. The lowest BCUT2D eigenvalue weighted by Gasteiger charge is -2.21. The molecule has 28 heavy (non-hydrogen) atoms. The number of phenolic OH excluding ortho intramolecular Hbond substituents is 1. The summed E-state index contributed by atoms with van der Waals surface area (Å²) in [7, 11) is 0. The van der Waals surface area contributed by atoms with Gasteiger partial charge in [-0.3, -0.25) is 9.78 Å². The molecule has 1 atom stereocenters. The van der Waals surface area contributed by atoms with Crippen LogP contribution in [0.15, 0.2) is 85.1 Å². The standard InChI is InChI=1S/C24H20N2O2/c1-16-9-11-19(12-10-16)24(28)26-21(17-6-3-2-4-7-17)20-14-13-18-8-5-15-25-22(18)23(20)27/h2-15,21,27H,1H3,(H,26,28). The largest absolute Gasteiger partial charge is 0.505 e. The molecule has 0 radical (unpaired) electrons. The highest BCUT2D eigenvalue weighted by Gasteiger charge is 2.22. The number of phenols is 1. The average molecular weight is 368 g/mol. The van der Waals surface area contributed by atoms with Gasteiger partial charge in [0.05, 0.1) is 6.04 Å². The normalized spacial score (nSPS) is 11.9. The van der Waals surface area contributed by atoms with Crippen molar-refractivity contribution in [2.75, 3.05) is 0 Å². The lowest BCUT2D eigenvalue weighted by atomic mass is 9.96. The summed E-state index contributed by atoms with van der Waals surface area (Å²) in [4.78, 5) is 17.2. The molecule has 3 aromatic carbocycles. The number of aromatic hydroxyl groups is 1. The van der Waals surface area contributed by atoms with Gasteiger partial charge in [0.1, 0.15) is 11.3 Å². The minimum atomic E-state index is -0.499. The molecule has 0 aliphatic rings. The van der Waals surface area contributed by atoms with Gasteiger partial charge in [-0.05, 0) is 30.7 Å². The van der Waals surface area contributed by atoms with Gasteiger partial charge in [0.15, 0.2) is 0 Å². The Morgan fingerprint density at radius 2 is 1.68 bits per heavy atom. The van der Waals surface area contributed by atoms with E-state index in [9.17, 15) is 9.90 Å². The van der Waals surface area contributed by atoms with Gasteiger partial charge in [-0.25, -0.2) is 0 Å². The molecule has 4 aromatic rings. The third kappa shape index (κ3) is 3.45. The van der Waals surface area contributed by atoms with Crippen molar-refractivity contribution >= 4 is 16.8 Å². The summed E-state index contributed by atoms with van der Waals surface area (Å²) in [5.74, 6) is -0.120. The van der Waals surface area contributed by atoms with E-state index in [-0.39, 0.29) is 11.7 Å². The molecule has 0 saturated carbocycles. The van der Waals surface area contributed by atoms with Crippen LogP contribution in [0.4, 0.5) is 0 Å². The summed E-state index contributed by atoms with van der Waals surface area (Å²) < 4.78 is 0. The number of rotatable bonds is 4. The van der Waals surface area contributed by atoms with Gasteiger partial charge in [-0.15, -0.1) is 0 Å². The second-order valence-electron chi connectivity index (χ2n) is 6.76. The molecule has 1 heterocycles. The summed E-state index contributed by atoms with van der Waals surface area (Å²) >= 11 is 0. The monoisotopic (exact) mass is 368 g/mol. The molecule has 1 amide bonds. The fourth-order valence-corrected chi connectivity index (χ4v) is 3.28. The number of fused-ring (bicyclic) bond motifs is 1. The van der Waals surface area contributed by atoms with Crippen LogP contribution in [0.5, 0.6) is 5.75 Å². The Morgan fingerprint density at radius 3 is 2.43 bits per heavy atom. The summed E-state index contributed by atoms with van der Waals surface area (Å²) in [6.07, 6.45) is 1.65. The number of aryl methyl sites for hydroxylation is 1. The van der Waals surface area contributed by atoms with Crippen LogP contribution in [0.2, 0.25) is 0 Å². The topological polar surface area (TPSA) is 62.2 Å². The van der Waals surface area contributed by atoms with Crippen LogP contribution in [0, 0.1) is 6.92 Å². The van der Waals surface area contributed by atoms with Gasteiger partial charge in [-0.2, -0.15) is 0 Å². The van der Waals surface area contributed by atoms with Crippen molar-refractivity contribution in [1.29, 1.82) is 0 Å². The first-order valence-corrected chi connectivity index (χ1v) is 9.12. The Labute approximate surface area is 163 Å². The van der Waals surface area contributed by atoms with Crippen molar-refractivity contribution in [3.8, 4) is 5.75 Å². The zero-order valence-electron chi connectivity index (χ0n) is 15.5. The van der Waals surface area contributed by atoms with Gasteiger partial charge in [0.25, 0.3) is 5.91 Å². The van der Waals surface area contributed by atoms with Gasteiger partial charge in [0.2, 0.25) is 0 Å². The maximum Gasteiger partial charge on any atom is 0.252 e. The van der Waals surface area contributed by atoms with Crippen molar-refractivity contribution in [2.45, 2.75) is 13.0 Å². The van der Waals surface area contributed by atoms with Crippen LogP contribution in [-0.4, -0.2) is 16.0 Å². The van der Waals surface area contributed by atoms with Crippen molar-refractivity contribution in [3.63, 3.8) is 0 Å². The summed E-state index contributed by atoms with van der Waals surface area (Å²) in [6.45, 7) is 1.98. The van der Waals surface area contributed by atoms with Gasteiger partial charge in [-0.1, -0.05) is 66.2 Å². The average Bonchev–Trinajstić information content (AvgIpc) is 2.74. The zero-order valence-corrected chi connectivity index (χ0v) is 15.5. The van der Waals surface area contributed by atoms with E-state index in [0.29, 0.717) is 16.6 Å². The highest BCUT2D eigenvalue weighted by atomic mass is 16.3. The van der Waals surface area contributed by atoms with E-state index in [1.165, 1.54) is 0 Å². The van der Waals surface area contributed by atoms with Crippen LogP contribution in [0.3, 0.4) is 0 Å². The first kappa shape index (κ1) is 17.7. The number of nitrogens with zero attached hydrogens (tertiary/aromatic N) is 1. The van der Waals surface area contributed by atoms with E-state index in [0.717, 1.165) is 16.5 Å². The number of carbonyl (C=O) groups is 1. The fourth-order valence-electron chi connectivity index (χ4n) is 3.28. The molecule has 4 rings (SSSR count). The minimum absolute atomic E-state index is 0.0798. The van der Waals surface area contributed by atoms with Crippen LogP contribution in [0.1, 0.15) is 33.1 Å². The van der Waals surface area contributed by atoms with E-state index < -0.39 is 6.04 Å². The summed E-state index contributed by atoms with van der Waals surface area (Å²) in [5, 5.41) is 14.8. The van der Waals surface area contributed by atoms with E-state index in [1.807, 2.05) is 73.7 Å². The molecule has 1 unspecified atom stereocenters. The van der Waals surface area contributed by atoms with Crippen LogP contribution < -0.4 is 5.32 Å². The number of pyridine rings is 1. The number of hydrogen-bond donors (Lipinski definition) is 2. The molecule has 4 nitrogen and oxygen atoms in total. The van der Waals surface area contributed by atoms with Crippen molar-refractivity contribution in [1.82, 2.24) is 10.3 Å². The molecule has 138 valence electrons. The molecule has 2 N–H and O–H groups in total. The highest BCUT2D eigenvalue weighted by molar-refractivity contribution is 5.95. The number of nitrogens with one attached hydrogen (secondary N) is 1. The summed E-state index contributed by atoms with van der Waals surface area (Å²) in [5.41, 5.74) is 3.68. The van der Waals surface area contributed by atoms with Crippen molar-refractivity contribution < 1.29 is 9.90 Å². The lowest BCUT2D eigenvalue weighted by molar-refractivity contribution is 0.0942. The Bertz CT molecular complexity index is 1120. The maximum atomic E-state index is 12.9.